The van der Waals surface area contributed by atoms with Crippen LogP contribution in [0.1, 0.15) is 24.2 Å². The molecule has 0 saturated carbocycles. The molecule has 1 aromatic rings. The predicted molar refractivity (Wildman–Crippen MR) is 71.3 cm³/mol. The van der Waals surface area contributed by atoms with Gasteiger partial charge in [-0.05, 0) is 24.1 Å². The Kier molecular flexibility index (Phi) is 4.85. The average molecular weight is 249 g/mol. The molecule has 18 heavy (non-hydrogen) atoms. The predicted octanol–water partition coefficient (Wildman–Crippen LogP) is 0.968. The molecule has 0 aliphatic carbocycles. The third-order valence-corrected chi connectivity index (χ3v) is 2.64. The maximum absolute atomic E-state index is 11.8. The first-order valence-corrected chi connectivity index (χ1v) is 5.84. The Bertz CT molecular complexity index is 444. The van der Waals surface area contributed by atoms with Gasteiger partial charge in [0.1, 0.15) is 0 Å². The van der Waals surface area contributed by atoms with Crippen LogP contribution in [-0.2, 0) is 4.79 Å². The van der Waals surface area contributed by atoms with Crippen LogP contribution in [0.15, 0.2) is 24.3 Å². The Balaban J connectivity index is 2.79. The average Bonchev–Trinajstić information content (AvgIpc) is 2.36. The Morgan fingerprint density at radius 3 is 2.50 bits per heavy atom. The Hall–Kier alpha value is -1.88. The van der Waals surface area contributed by atoms with Crippen molar-refractivity contribution in [1.29, 1.82) is 0 Å². The monoisotopic (exact) mass is 249 g/mol. The van der Waals surface area contributed by atoms with Crippen LogP contribution < -0.4 is 16.4 Å². The summed E-state index contributed by atoms with van der Waals surface area (Å²) < 4.78 is 0. The van der Waals surface area contributed by atoms with E-state index in [2.05, 4.69) is 10.6 Å². The van der Waals surface area contributed by atoms with Gasteiger partial charge in [-0.1, -0.05) is 19.9 Å². The molecule has 0 aliphatic rings. The number of benzene rings is 1. The van der Waals surface area contributed by atoms with E-state index in [1.807, 2.05) is 13.8 Å². The molecular weight excluding hydrogens is 230 g/mol. The molecule has 2 amide bonds. The Morgan fingerprint density at radius 2 is 1.94 bits per heavy atom. The summed E-state index contributed by atoms with van der Waals surface area (Å²) in [5, 5.41) is 5.22. The van der Waals surface area contributed by atoms with Crippen molar-refractivity contribution in [3.63, 3.8) is 0 Å². The maximum atomic E-state index is 11.8. The number of anilines is 1. The second-order valence-corrected chi connectivity index (χ2v) is 4.42. The van der Waals surface area contributed by atoms with Gasteiger partial charge < -0.3 is 16.4 Å². The van der Waals surface area contributed by atoms with Crippen LogP contribution in [0.2, 0.25) is 0 Å². The summed E-state index contributed by atoms with van der Waals surface area (Å²) in [6.45, 7) is 3.76. The lowest BCUT2D eigenvalue weighted by molar-refractivity contribution is -0.118. The SMILES string of the molecule is CNC(=O)c1cccc(NC(=O)C(N)C(C)C)c1. The third-order valence-electron chi connectivity index (χ3n) is 2.64. The van der Waals surface area contributed by atoms with Crippen LogP contribution in [-0.4, -0.2) is 24.9 Å². The zero-order valence-corrected chi connectivity index (χ0v) is 10.9. The van der Waals surface area contributed by atoms with Gasteiger partial charge in [-0.3, -0.25) is 9.59 Å². The van der Waals surface area contributed by atoms with Gasteiger partial charge in [0, 0.05) is 18.3 Å². The fourth-order valence-corrected chi connectivity index (χ4v) is 1.41. The minimum absolute atomic E-state index is 0.0622. The number of nitrogens with two attached hydrogens (primary N) is 1. The zero-order chi connectivity index (χ0) is 13.7. The molecule has 1 unspecified atom stereocenters. The number of rotatable bonds is 4. The minimum Gasteiger partial charge on any atom is -0.355 e. The van der Waals surface area contributed by atoms with Gasteiger partial charge in [-0.15, -0.1) is 0 Å². The first-order valence-electron chi connectivity index (χ1n) is 5.84. The molecule has 0 saturated heterocycles. The molecule has 4 N–H and O–H groups in total. The molecule has 0 heterocycles. The Morgan fingerprint density at radius 1 is 1.28 bits per heavy atom. The van der Waals surface area contributed by atoms with E-state index in [1.54, 1.807) is 31.3 Å². The van der Waals surface area contributed by atoms with E-state index >= 15 is 0 Å². The van der Waals surface area contributed by atoms with Gasteiger partial charge in [0.05, 0.1) is 6.04 Å². The molecular formula is C13H19N3O2. The summed E-state index contributed by atoms with van der Waals surface area (Å²) in [4.78, 5) is 23.2. The lowest BCUT2D eigenvalue weighted by Gasteiger charge is -2.15. The molecule has 5 heteroatoms. The highest BCUT2D eigenvalue weighted by atomic mass is 16.2. The summed E-state index contributed by atoms with van der Waals surface area (Å²) in [5.74, 6) is -0.384. The fourth-order valence-electron chi connectivity index (χ4n) is 1.41. The van der Waals surface area contributed by atoms with E-state index in [0.717, 1.165) is 0 Å². The van der Waals surface area contributed by atoms with Crippen molar-refractivity contribution in [2.45, 2.75) is 19.9 Å². The second-order valence-electron chi connectivity index (χ2n) is 4.42. The molecule has 0 radical (unpaired) electrons. The van der Waals surface area contributed by atoms with Crippen molar-refractivity contribution < 1.29 is 9.59 Å². The number of hydrogen-bond donors (Lipinski definition) is 3. The molecule has 0 aliphatic heterocycles. The first kappa shape index (κ1) is 14.2. The van der Waals surface area contributed by atoms with Crippen LogP contribution >= 0.6 is 0 Å². The number of carbonyl (C=O) groups excluding carboxylic acids is 2. The smallest absolute Gasteiger partial charge is 0.251 e. The highest BCUT2D eigenvalue weighted by molar-refractivity contribution is 5.98. The van der Waals surface area contributed by atoms with Crippen LogP contribution in [0.25, 0.3) is 0 Å². The van der Waals surface area contributed by atoms with Gasteiger partial charge >= 0.3 is 0 Å². The van der Waals surface area contributed by atoms with Crippen LogP contribution in [0.5, 0.6) is 0 Å². The van der Waals surface area contributed by atoms with Crippen LogP contribution in [0.3, 0.4) is 0 Å². The summed E-state index contributed by atoms with van der Waals surface area (Å²) in [5.41, 5.74) is 6.80. The van der Waals surface area contributed by atoms with E-state index in [4.69, 9.17) is 5.73 Å². The van der Waals surface area contributed by atoms with Gasteiger partial charge in [-0.25, -0.2) is 0 Å². The van der Waals surface area contributed by atoms with E-state index in [0.29, 0.717) is 11.3 Å². The standard InChI is InChI=1S/C13H19N3O2/c1-8(2)11(14)13(18)16-10-6-4-5-9(7-10)12(17)15-3/h4-8,11H,14H2,1-3H3,(H,15,17)(H,16,18). The van der Waals surface area contributed by atoms with Gasteiger partial charge in [0.15, 0.2) is 0 Å². The molecule has 0 aromatic heterocycles. The summed E-state index contributed by atoms with van der Waals surface area (Å²) in [6.07, 6.45) is 0. The number of amides is 2. The number of hydrogen-bond acceptors (Lipinski definition) is 3. The summed E-state index contributed by atoms with van der Waals surface area (Å²) in [6, 6.07) is 6.16. The van der Waals surface area contributed by atoms with E-state index in [-0.39, 0.29) is 17.7 Å². The number of carbonyl (C=O) groups is 2. The largest absolute Gasteiger partial charge is 0.355 e. The van der Waals surface area contributed by atoms with Crippen molar-refractivity contribution in [2.24, 2.45) is 11.7 Å². The minimum atomic E-state index is -0.561. The third kappa shape index (κ3) is 3.56. The van der Waals surface area contributed by atoms with Gasteiger partial charge in [0.2, 0.25) is 5.91 Å². The topological polar surface area (TPSA) is 84.2 Å². The normalized spacial score (nSPS) is 12.1. The molecule has 1 atom stereocenters. The zero-order valence-electron chi connectivity index (χ0n) is 10.9. The van der Waals surface area contributed by atoms with Crippen molar-refractivity contribution >= 4 is 17.5 Å². The molecule has 0 fully saturated rings. The summed E-state index contributed by atoms with van der Waals surface area (Å²) >= 11 is 0. The van der Waals surface area contributed by atoms with Gasteiger partial charge in [0.25, 0.3) is 5.91 Å². The molecule has 1 rings (SSSR count). The quantitative estimate of drug-likeness (QED) is 0.743. The van der Waals surface area contributed by atoms with E-state index < -0.39 is 6.04 Å². The molecule has 0 bridgehead atoms. The van der Waals surface area contributed by atoms with Gasteiger partial charge in [-0.2, -0.15) is 0 Å². The molecule has 98 valence electrons. The first-order chi connectivity index (χ1) is 8.45. The van der Waals surface area contributed by atoms with Crippen LogP contribution in [0.4, 0.5) is 5.69 Å². The number of nitrogens with one attached hydrogen (secondary N) is 2. The fraction of sp³-hybridized carbons (Fsp3) is 0.385. The summed E-state index contributed by atoms with van der Waals surface area (Å²) in [7, 11) is 1.56. The Labute approximate surface area is 107 Å². The molecule has 0 spiro atoms. The molecule has 1 aromatic carbocycles. The lowest BCUT2D eigenvalue weighted by Crippen LogP contribution is -2.39. The van der Waals surface area contributed by atoms with Crippen molar-refractivity contribution in [2.75, 3.05) is 12.4 Å². The van der Waals surface area contributed by atoms with E-state index in [9.17, 15) is 9.59 Å². The highest BCUT2D eigenvalue weighted by Gasteiger charge is 2.17. The lowest BCUT2D eigenvalue weighted by atomic mass is 10.0. The van der Waals surface area contributed by atoms with Crippen LogP contribution in [0, 0.1) is 5.92 Å². The van der Waals surface area contributed by atoms with Crippen molar-refractivity contribution in [3.8, 4) is 0 Å². The maximum Gasteiger partial charge on any atom is 0.251 e. The molecule has 5 nitrogen and oxygen atoms in total. The van der Waals surface area contributed by atoms with Crippen molar-refractivity contribution in [3.05, 3.63) is 29.8 Å². The van der Waals surface area contributed by atoms with Crippen molar-refractivity contribution in [1.82, 2.24) is 5.32 Å². The van der Waals surface area contributed by atoms with E-state index in [1.165, 1.54) is 0 Å². The highest BCUT2D eigenvalue weighted by Crippen LogP contribution is 2.11. The second kappa shape index (κ2) is 6.16.